The number of aromatic nitrogens is 1. The van der Waals surface area contributed by atoms with E-state index in [1.54, 1.807) is 5.38 Å². The molecule has 0 bridgehead atoms. The van der Waals surface area contributed by atoms with Gasteiger partial charge in [0.1, 0.15) is 5.69 Å². The lowest BCUT2D eigenvalue weighted by Crippen LogP contribution is -2.45. The monoisotopic (exact) mass is 240 g/mol. The molecule has 1 fully saturated rings. The summed E-state index contributed by atoms with van der Waals surface area (Å²) < 4.78 is 0. The van der Waals surface area contributed by atoms with Gasteiger partial charge in [0.05, 0.1) is 17.2 Å². The smallest absolute Gasteiger partial charge is 0.271 e. The molecule has 2 N–H and O–H groups in total. The fourth-order valence-corrected chi connectivity index (χ4v) is 2.58. The molecular formula is C11H16N2O2S. The number of hydrogen-bond donors (Lipinski definition) is 2. The van der Waals surface area contributed by atoms with E-state index >= 15 is 0 Å². The van der Waals surface area contributed by atoms with Gasteiger partial charge in [-0.15, -0.1) is 11.3 Å². The Morgan fingerprint density at radius 2 is 2.31 bits per heavy atom. The highest BCUT2D eigenvalue weighted by Gasteiger charge is 2.25. The first kappa shape index (κ1) is 11.5. The molecule has 2 rings (SSSR count). The number of rotatable bonds is 2. The van der Waals surface area contributed by atoms with Crippen molar-refractivity contribution in [1.82, 2.24) is 10.3 Å². The highest BCUT2D eigenvalue weighted by molar-refractivity contribution is 7.09. The Kier molecular flexibility index (Phi) is 3.56. The van der Waals surface area contributed by atoms with Crippen molar-refractivity contribution in [3.8, 4) is 0 Å². The van der Waals surface area contributed by atoms with Crippen molar-refractivity contribution in [2.45, 2.75) is 44.8 Å². The van der Waals surface area contributed by atoms with E-state index in [1.807, 2.05) is 6.92 Å². The molecule has 88 valence electrons. The maximum absolute atomic E-state index is 11.8. The van der Waals surface area contributed by atoms with E-state index in [4.69, 9.17) is 0 Å². The molecule has 0 saturated heterocycles. The fraction of sp³-hybridized carbons (Fsp3) is 0.636. The van der Waals surface area contributed by atoms with Gasteiger partial charge >= 0.3 is 0 Å². The third-order valence-corrected chi connectivity index (χ3v) is 3.67. The summed E-state index contributed by atoms with van der Waals surface area (Å²) in [7, 11) is 0. The largest absolute Gasteiger partial charge is 0.391 e. The van der Waals surface area contributed by atoms with Gasteiger partial charge in [0, 0.05) is 5.38 Å². The zero-order chi connectivity index (χ0) is 11.5. The minimum absolute atomic E-state index is 0.108. The second-order valence-corrected chi connectivity index (χ2v) is 5.25. The second-order valence-electron chi connectivity index (χ2n) is 4.18. The molecule has 1 amide bonds. The Labute approximate surface area is 98.7 Å². The van der Waals surface area contributed by atoms with Crippen molar-refractivity contribution in [2.75, 3.05) is 0 Å². The molecule has 1 aliphatic carbocycles. The van der Waals surface area contributed by atoms with Crippen LogP contribution in [0.4, 0.5) is 0 Å². The van der Waals surface area contributed by atoms with Gasteiger partial charge < -0.3 is 10.4 Å². The zero-order valence-corrected chi connectivity index (χ0v) is 10.1. The fourth-order valence-electron chi connectivity index (χ4n) is 1.99. The Bertz CT molecular complexity index is 378. The van der Waals surface area contributed by atoms with Crippen LogP contribution in [-0.2, 0) is 0 Å². The number of aryl methyl sites for hydroxylation is 1. The van der Waals surface area contributed by atoms with Crippen LogP contribution < -0.4 is 5.32 Å². The average Bonchev–Trinajstić information content (AvgIpc) is 2.68. The maximum Gasteiger partial charge on any atom is 0.271 e. The van der Waals surface area contributed by atoms with Gasteiger partial charge in [-0.1, -0.05) is 12.8 Å². The van der Waals surface area contributed by atoms with Gasteiger partial charge in [0.2, 0.25) is 0 Å². The van der Waals surface area contributed by atoms with Crippen molar-refractivity contribution >= 4 is 17.2 Å². The van der Waals surface area contributed by atoms with E-state index in [9.17, 15) is 9.90 Å². The van der Waals surface area contributed by atoms with Gasteiger partial charge in [-0.2, -0.15) is 0 Å². The highest BCUT2D eigenvalue weighted by atomic mass is 32.1. The van der Waals surface area contributed by atoms with Crippen molar-refractivity contribution in [2.24, 2.45) is 0 Å². The Hall–Kier alpha value is -0.940. The number of carbonyl (C=O) groups excluding carboxylic acids is 1. The first-order chi connectivity index (χ1) is 7.66. The minimum Gasteiger partial charge on any atom is -0.391 e. The number of aliphatic hydroxyl groups is 1. The van der Waals surface area contributed by atoms with Gasteiger partial charge in [-0.3, -0.25) is 4.79 Å². The minimum atomic E-state index is -0.405. The van der Waals surface area contributed by atoms with E-state index in [2.05, 4.69) is 10.3 Å². The summed E-state index contributed by atoms with van der Waals surface area (Å²) in [5.74, 6) is -0.171. The van der Waals surface area contributed by atoms with Crippen LogP contribution in [0, 0.1) is 6.92 Å². The summed E-state index contributed by atoms with van der Waals surface area (Å²) in [6.45, 7) is 1.87. The number of hydrogen-bond acceptors (Lipinski definition) is 4. The second kappa shape index (κ2) is 4.93. The molecule has 1 heterocycles. The first-order valence-corrected chi connectivity index (χ1v) is 6.46. The lowest BCUT2D eigenvalue weighted by molar-refractivity contribution is 0.0714. The average molecular weight is 240 g/mol. The van der Waals surface area contributed by atoms with Crippen molar-refractivity contribution in [1.29, 1.82) is 0 Å². The molecule has 0 aromatic carbocycles. The number of amides is 1. The molecule has 0 aliphatic heterocycles. The molecule has 0 spiro atoms. The number of nitrogens with one attached hydrogen (secondary N) is 1. The van der Waals surface area contributed by atoms with Gasteiger partial charge in [-0.25, -0.2) is 4.98 Å². The van der Waals surface area contributed by atoms with Crippen LogP contribution in [0.15, 0.2) is 5.38 Å². The molecule has 1 aromatic heterocycles. The van der Waals surface area contributed by atoms with Crippen LogP contribution >= 0.6 is 11.3 Å². The van der Waals surface area contributed by atoms with Gasteiger partial charge in [-0.05, 0) is 19.8 Å². The summed E-state index contributed by atoms with van der Waals surface area (Å²) in [6, 6.07) is -0.108. The van der Waals surface area contributed by atoms with E-state index < -0.39 is 6.10 Å². The summed E-state index contributed by atoms with van der Waals surface area (Å²) in [5, 5.41) is 15.2. The maximum atomic E-state index is 11.8. The molecule has 1 aliphatic rings. The number of carbonyl (C=O) groups is 1. The highest BCUT2D eigenvalue weighted by Crippen LogP contribution is 2.19. The SMILES string of the molecule is Cc1nc(C(=O)N[C@H]2CCCC[C@@H]2O)cs1. The Morgan fingerprint density at radius 1 is 1.56 bits per heavy atom. The summed E-state index contributed by atoms with van der Waals surface area (Å²) in [4.78, 5) is 15.9. The Morgan fingerprint density at radius 3 is 2.94 bits per heavy atom. The van der Waals surface area contributed by atoms with Crippen molar-refractivity contribution < 1.29 is 9.90 Å². The quantitative estimate of drug-likeness (QED) is 0.823. The lowest BCUT2D eigenvalue weighted by Gasteiger charge is -2.27. The van der Waals surface area contributed by atoms with Crippen molar-refractivity contribution in [3.05, 3.63) is 16.1 Å². The molecular weight excluding hydrogens is 224 g/mol. The first-order valence-electron chi connectivity index (χ1n) is 5.58. The third kappa shape index (κ3) is 2.59. The van der Waals surface area contributed by atoms with E-state index in [-0.39, 0.29) is 11.9 Å². The number of nitrogens with zero attached hydrogens (tertiary/aromatic N) is 1. The molecule has 1 aromatic rings. The predicted molar refractivity (Wildman–Crippen MR) is 62.6 cm³/mol. The van der Waals surface area contributed by atoms with E-state index in [1.165, 1.54) is 11.3 Å². The van der Waals surface area contributed by atoms with Crippen LogP contribution in [0.3, 0.4) is 0 Å². The van der Waals surface area contributed by atoms with Crippen molar-refractivity contribution in [3.63, 3.8) is 0 Å². The molecule has 0 radical (unpaired) electrons. The Balaban J connectivity index is 1.96. The van der Waals surface area contributed by atoms with Crippen LogP contribution in [0.1, 0.15) is 41.2 Å². The van der Waals surface area contributed by atoms with Crippen LogP contribution in [-0.4, -0.2) is 28.1 Å². The third-order valence-electron chi connectivity index (χ3n) is 2.90. The summed E-state index contributed by atoms with van der Waals surface area (Å²) in [6.07, 6.45) is 3.34. The standard InChI is InChI=1S/C11H16N2O2S/c1-7-12-9(6-16-7)11(15)13-8-4-2-3-5-10(8)14/h6,8,10,14H,2-5H2,1H3,(H,13,15)/t8-,10-/m0/s1. The summed E-state index contributed by atoms with van der Waals surface area (Å²) >= 11 is 1.46. The molecule has 5 heteroatoms. The van der Waals surface area contributed by atoms with Crippen LogP contribution in [0.5, 0.6) is 0 Å². The lowest BCUT2D eigenvalue weighted by atomic mass is 9.92. The predicted octanol–water partition coefficient (Wildman–Crippen LogP) is 1.48. The summed E-state index contributed by atoms with van der Waals surface area (Å²) in [5.41, 5.74) is 0.459. The van der Waals surface area contributed by atoms with Crippen LogP contribution in [0.2, 0.25) is 0 Å². The van der Waals surface area contributed by atoms with Gasteiger partial charge in [0.15, 0.2) is 0 Å². The normalized spacial score (nSPS) is 25.4. The molecule has 1 saturated carbocycles. The molecule has 16 heavy (non-hydrogen) atoms. The number of thiazole rings is 1. The van der Waals surface area contributed by atoms with Crippen LogP contribution in [0.25, 0.3) is 0 Å². The topological polar surface area (TPSA) is 62.2 Å². The van der Waals surface area contributed by atoms with E-state index in [0.717, 1.165) is 30.7 Å². The number of aliphatic hydroxyl groups excluding tert-OH is 1. The van der Waals surface area contributed by atoms with Gasteiger partial charge in [0.25, 0.3) is 5.91 Å². The molecule has 4 nitrogen and oxygen atoms in total. The van der Waals surface area contributed by atoms with E-state index in [0.29, 0.717) is 5.69 Å². The molecule has 2 atom stereocenters. The molecule has 0 unspecified atom stereocenters. The zero-order valence-electron chi connectivity index (χ0n) is 9.27.